The van der Waals surface area contributed by atoms with Gasteiger partial charge in [-0.1, -0.05) is 24.3 Å². The summed E-state index contributed by atoms with van der Waals surface area (Å²) >= 11 is 0. The van der Waals surface area contributed by atoms with Crippen molar-refractivity contribution in [1.29, 1.82) is 0 Å². The Morgan fingerprint density at radius 2 is 1.82 bits per heavy atom. The van der Waals surface area contributed by atoms with Gasteiger partial charge in [-0.15, -0.1) is 0 Å². The van der Waals surface area contributed by atoms with Crippen molar-refractivity contribution in [2.45, 2.75) is 18.8 Å². The van der Waals surface area contributed by atoms with Crippen LogP contribution in [-0.4, -0.2) is 43.7 Å². The van der Waals surface area contributed by atoms with Gasteiger partial charge >= 0.3 is 6.18 Å². The van der Waals surface area contributed by atoms with Gasteiger partial charge in [-0.25, -0.2) is 0 Å². The van der Waals surface area contributed by atoms with Gasteiger partial charge in [-0.2, -0.15) is 13.2 Å². The number of carbonyl (C=O) groups is 1. The second kappa shape index (κ2) is 8.52. The smallest absolute Gasteiger partial charge is 0.416 e. The standard InChI is InChI=1S/C20H21F3N2O3/c1-25(11-14-6-8-15(9-7-14)20(21,22)23)12-19(26)24-10-16-13-27-17-4-2-3-5-18(17)28-16/h2-9,16H,10-13H2,1H3,(H,24,26). The zero-order valence-electron chi connectivity index (χ0n) is 15.3. The van der Waals surface area contributed by atoms with Gasteiger partial charge in [0, 0.05) is 6.54 Å². The molecule has 1 aliphatic rings. The molecule has 1 heterocycles. The van der Waals surface area contributed by atoms with Crippen LogP contribution >= 0.6 is 0 Å². The Kier molecular flexibility index (Phi) is 6.08. The first kappa shape index (κ1) is 20.0. The molecule has 0 bridgehead atoms. The van der Waals surface area contributed by atoms with Crippen LogP contribution in [-0.2, 0) is 17.5 Å². The van der Waals surface area contributed by atoms with E-state index in [4.69, 9.17) is 9.47 Å². The lowest BCUT2D eigenvalue weighted by molar-refractivity contribution is -0.137. The Morgan fingerprint density at radius 3 is 2.50 bits per heavy atom. The Morgan fingerprint density at radius 1 is 1.14 bits per heavy atom. The van der Waals surface area contributed by atoms with Crippen molar-refractivity contribution in [2.24, 2.45) is 0 Å². The maximum Gasteiger partial charge on any atom is 0.416 e. The van der Waals surface area contributed by atoms with E-state index < -0.39 is 11.7 Å². The zero-order valence-corrected chi connectivity index (χ0v) is 15.3. The van der Waals surface area contributed by atoms with Crippen LogP contribution < -0.4 is 14.8 Å². The molecule has 0 aliphatic carbocycles. The van der Waals surface area contributed by atoms with Crippen molar-refractivity contribution in [2.75, 3.05) is 26.7 Å². The third kappa shape index (κ3) is 5.39. The van der Waals surface area contributed by atoms with E-state index in [0.717, 1.165) is 12.1 Å². The van der Waals surface area contributed by atoms with E-state index in [9.17, 15) is 18.0 Å². The third-order valence-corrected chi connectivity index (χ3v) is 4.24. The largest absolute Gasteiger partial charge is 0.486 e. The van der Waals surface area contributed by atoms with E-state index in [1.165, 1.54) is 12.1 Å². The molecule has 1 unspecified atom stereocenters. The van der Waals surface area contributed by atoms with Gasteiger partial charge in [0.1, 0.15) is 12.7 Å². The van der Waals surface area contributed by atoms with Crippen LogP contribution in [0.4, 0.5) is 13.2 Å². The topological polar surface area (TPSA) is 50.8 Å². The zero-order chi connectivity index (χ0) is 20.1. The van der Waals surface area contributed by atoms with Crippen molar-refractivity contribution in [1.82, 2.24) is 10.2 Å². The molecule has 3 rings (SSSR count). The van der Waals surface area contributed by atoms with Crippen molar-refractivity contribution < 1.29 is 27.4 Å². The molecule has 0 fully saturated rings. The highest BCUT2D eigenvalue weighted by Crippen LogP contribution is 2.31. The van der Waals surface area contributed by atoms with Gasteiger partial charge in [-0.05, 0) is 36.9 Å². The van der Waals surface area contributed by atoms with Crippen LogP contribution in [0.1, 0.15) is 11.1 Å². The molecule has 28 heavy (non-hydrogen) atoms. The molecule has 0 saturated heterocycles. The van der Waals surface area contributed by atoms with Crippen LogP contribution in [0.25, 0.3) is 0 Å². The molecule has 1 aliphatic heterocycles. The monoisotopic (exact) mass is 394 g/mol. The average Bonchev–Trinajstić information content (AvgIpc) is 2.66. The van der Waals surface area contributed by atoms with Crippen LogP contribution in [0.15, 0.2) is 48.5 Å². The van der Waals surface area contributed by atoms with E-state index in [2.05, 4.69) is 5.32 Å². The number of ether oxygens (including phenoxy) is 2. The minimum absolute atomic E-state index is 0.116. The average molecular weight is 394 g/mol. The quantitative estimate of drug-likeness (QED) is 0.818. The Labute approximate surface area is 161 Å². The minimum Gasteiger partial charge on any atom is -0.486 e. The molecule has 0 aromatic heterocycles. The number of halogens is 3. The molecule has 2 aromatic rings. The number of nitrogens with zero attached hydrogens (tertiary/aromatic N) is 1. The van der Waals surface area contributed by atoms with Crippen molar-refractivity contribution in [3.8, 4) is 11.5 Å². The van der Waals surface area contributed by atoms with Crippen molar-refractivity contribution in [3.63, 3.8) is 0 Å². The molecule has 0 radical (unpaired) electrons. The number of hydrogen-bond donors (Lipinski definition) is 1. The number of benzene rings is 2. The number of carbonyl (C=O) groups excluding carboxylic acids is 1. The number of fused-ring (bicyclic) bond motifs is 1. The number of rotatable bonds is 6. The number of para-hydroxylation sites is 2. The number of alkyl halides is 3. The lowest BCUT2D eigenvalue weighted by Gasteiger charge is -2.26. The van der Waals surface area contributed by atoms with Crippen LogP contribution in [0.3, 0.4) is 0 Å². The second-order valence-corrected chi connectivity index (χ2v) is 6.67. The molecule has 0 saturated carbocycles. The lowest BCUT2D eigenvalue weighted by Crippen LogP contribution is -2.43. The first-order valence-corrected chi connectivity index (χ1v) is 8.81. The summed E-state index contributed by atoms with van der Waals surface area (Å²) in [6.45, 7) is 1.13. The minimum atomic E-state index is -4.35. The summed E-state index contributed by atoms with van der Waals surface area (Å²) in [4.78, 5) is 13.8. The van der Waals surface area contributed by atoms with Crippen molar-refractivity contribution in [3.05, 3.63) is 59.7 Å². The molecular formula is C20H21F3N2O3. The van der Waals surface area contributed by atoms with Gasteiger partial charge in [0.15, 0.2) is 11.5 Å². The van der Waals surface area contributed by atoms with Gasteiger partial charge in [0.05, 0.1) is 18.7 Å². The molecule has 2 aromatic carbocycles. The summed E-state index contributed by atoms with van der Waals surface area (Å²) in [6, 6.07) is 12.3. The fourth-order valence-electron chi connectivity index (χ4n) is 2.86. The number of nitrogens with one attached hydrogen (secondary N) is 1. The lowest BCUT2D eigenvalue weighted by atomic mass is 10.1. The van der Waals surface area contributed by atoms with Crippen LogP contribution in [0, 0.1) is 0 Å². The molecule has 1 N–H and O–H groups in total. The van der Waals surface area contributed by atoms with Crippen molar-refractivity contribution >= 4 is 5.91 Å². The molecule has 5 nitrogen and oxygen atoms in total. The number of amides is 1. The molecule has 150 valence electrons. The fourth-order valence-corrected chi connectivity index (χ4v) is 2.86. The fraction of sp³-hybridized carbons (Fsp3) is 0.350. The van der Waals surface area contributed by atoms with E-state index in [1.54, 1.807) is 18.0 Å². The maximum absolute atomic E-state index is 12.6. The summed E-state index contributed by atoms with van der Waals surface area (Å²) in [7, 11) is 1.73. The highest BCUT2D eigenvalue weighted by Gasteiger charge is 2.30. The maximum atomic E-state index is 12.6. The molecule has 1 atom stereocenters. The van der Waals surface area contributed by atoms with Gasteiger partial charge in [0.25, 0.3) is 0 Å². The molecule has 1 amide bonds. The second-order valence-electron chi connectivity index (χ2n) is 6.67. The van der Waals surface area contributed by atoms with Crippen LogP contribution in [0.5, 0.6) is 11.5 Å². The summed E-state index contributed by atoms with van der Waals surface area (Å²) in [5, 5.41) is 2.79. The predicted octanol–water partition coefficient (Wildman–Crippen LogP) is 3.09. The van der Waals surface area contributed by atoms with E-state index >= 15 is 0 Å². The summed E-state index contributed by atoms with van der Waals surface area (Å²) in [5.41, 5.74) is 0.0110. The van der Waals surface area contributed by atoms with E-state index in [1.807, 2.05) is 18.2 Å². The summed E-state index contributed by atoms with van der Waals surface area (Å²) in [6.07, 6.45) is -4.63. The summed E-state index contributed by atoms with van der Waals surface area (Å²) in [5.74, 6) is 1.13. The van der Waals surface area contributed by atoms with E-state index in [-0.39, 0.29) is 18.6 Å². The van der Waals surface area contributed by atoms with Gasteiger partial charge in [-0.3, -0.25) is 9.69 Å². The highest BCUT2D eigenvalue weighted by molar-refractivity contribution is 5.78. The van der Waals surface area contributed by atoms with E-state index in [0.29, 0.717) is 36.8 Å². The predicted molar refractivity (Wildman–Crippen MR) is 97.1 cm³/mol. The first-order valence-electron chi connectivity index (χ1n) is 8.81. The van der Waals surface area contributed by atoms with Gasteiger partial charge < -0.3 is 14.8 Å². The SMILES string of the molecule is CN(CC(=O)NCC1COc2ccccc2O1)Cc1ccc(C(F)(F)F)cc1. The third-order valence-electron chi connectivity index (χ3n) is 4.24. The summed E-state index contributed by atoms with van der Waals surface area (Å²) < 4.78 is 49.1. The molecular weight excluding hydrogens is 373 g/mol. The number of hydrogen-bond acceptors (Lipinski definition) is 4. The number of likely N-dealkylation sites (N-methyl/N-ethyl adjacent to an activating group) is 1. The molecule has 8 heteroatoms. The first-order chi connectivity index (χ1) is 13.3. The molecule has 0 spiro atoms. The van der Waals surface area contributed by atoms with Crippen LogP contribution in [0.2, 0.25) is 0 Å². The van der Waals surface area contributed by atoms with Gasteiger partial charge in [0.2, 0.25) is 5.91 Å². The highest BCUT2D eigenvalue weighted by atomic mass is 19.4. The Bertz CT molecular complexity index is 809. The Balaban J connectivity index is 1.42. The normalized spacial score (nSPS) is 16.1. The Hall–Kier alpha value is -2.74.